The van der Waals surface area contributed by atoms with Crippen LogP contribution < -0.4 is 11.0 Å². The number of nitrogens with zero attached hydrogens (tertiary/aromatic N) is 3. The summed E-state index contributed by atoms with van der Waals surface area (Å²) in [7, 11) is 0. The first-order chi connectivity index (χ1) is 7.96. The molecule has 6 heteroatoms. The largest absolute Gasteiger partial charge is 0.369 e. The summed E-state index contributed by atoms with van der Waals surface area (Å²) in [4.78, 5) is 11.3. The van der Waals surface area contributed by atoms with Gasteiger partial charge in [0.1, 0.15) is 5.82 Å². The molecule has 92 valence electrons. The van der Waals surface area contributed by atoms with Crippen molar-refractivity contribution < 1.29 is 0 Å². The van der Waals surface area contributed by atoms with Crippen LogP contribution in [0.1, 0.15) is 27.2 Å². The van der Waals surface area contributed by atoms with Gasteiger partial charge in [0.2, 0.25) is 0 Å². The van der Waals surface area contributed by atoms with Crippen molar-refractivity contribution in [2.45, 2.75) is 27.2 Å². The summed E-state index contributed by atoms with van der Waals surface area (Å²) in [5.74, 6) is 0.685. The summed E-state index contributed by atoms with van der Waals surface area (Å²) in [5, 5.41) is 13.5. The Labute approximate surface area is 99.0 Å². The molecule has 0 aliphatic rings. The Hall–Kier alpha value is -1.85. The van der Waals surface area contributed by atoms with E-state index in [2.05, 4.69) is 41.4 Å². The van der Waals surface area contributed by atoms with Gasteiger partial charge in [0.25, 0.3) is 0 Å². The highest BCUT2D eigenvalue weighted by atomic mass is 16.2. The first-order valence-corrected chi connectivity index (χ1v) is 5.64. The zero-order valence-corrected chi connectivity index (χ0v) is 10.3. The van der Waals surface area contributed by atoms with E-state index in [0.29, 0.717) is 11.5 Å². The highest BCUT2D eigenvalue weighted by molar-refractivity contribution is 5.42. The Morgan fingerprint density at radius 1 is 1.41 bits per heavy atom. The molecule has 0 fully saturated rings. The Morgan fingerprint density at radius 3 is 2.88 bits per heavy atom. The van der Waals surface area contributed by atoms with Crippen molar-refractivity contribution in [1.29, 1.82) is 0 Å². The molecule has 0 atom stereocenters. The van der Waals surface area contributed by atoms with E-state index in [1.165, 1.54) is 4.52 Å². The van der Waals surface area contributed by atoms with E-state index in [1.54, 1.807) is 6.07 Å². The summed E-state index contributed by atoms with van der Waals surface area (Å²) in [5.41, 5.74) is 0.486. The van der Waals surface area contributed by atoms with Crippen LogP contribution in [-0.4, -0.2) is 26.4 Å². The molecule has 0 aliphatic heterocycles. The highest BCUT2D eigenvalue weighted by Crippen LogP contribution is 2.18. The van der Waals surface area contributed by atoms with Gasteiger partial charge in [-0.25, -0.2) is 9.89 Å². The van der Waals surface area contributed by atoms with Gasteiger partial charge in [-0.3, -0.25) is 0 Å². The second kappa shape index (κ2) is 4.20. The van der Waals surface area contributed by atoms with Crippen LogP contribution in [-0.2, 0) is 0 Å². The number of nitrogens with one attached hydrogen (secondary N) is 2. The fourth-order valence-electron chi connectivity index (χ4n) is 1.46. The molecule has 0 bridgehead atoms. The summed E-state index contributed by atoms with van der Waals surface area (Å²) in [6, 6.07) is 3.57. The third-order valence-corrected chi connectivity index (χ3v) is 2.45. The lowest BCUT2D eigenvalue weighted by Crippen LogP contribution is -2.16. The van der Waals surface area contributed by atoms with Crippen LogP contribution in [0, 0.1) is 5.41 Å². The molecule has 0 saturated carbocycles. The zero-order chi connectivity index (χ0) is 12.5. The van der Waals surface area contributed by atoms with Crippen LogP contribution in [0.25, 0.3) is 5.65 Å². The Balaban J connectivity index is 2.09. The van der Waals surface area contributed by atoms with Gasteiger partial charge >= 0.3 is 5.69 Å². The normalized spacial score (nSPS) is 11.9. The second-order valence-corrected chi connectivity index (χ2v) is 5.25. The van der Waals surface area contributed by atoms with Crippen LogP contribution in [0.15, 0.2) is 16.9 Å². The molecule has 2 rings (SSSR count). The van der Waals surface area contributed by atoms with Crippen LogP contribution in [0.3, 0.4) is 0 Å². The third-order valence-electron chi connectivity index (χ3n) is 2.45. The van der Waals surface area contributed by atoms with Crippen molar-refractivity contribution in [3.63, 3.8) is 0 Å². The van der Waals surface area contributed by atoms with Gasteiger partial charge in [-0.15, -0.1) is 5.10 Å². The van der Waals surface area contributed by atoms with Crippen molar-refractivity contribution in [3.8, 4) is 0 Å². The summed E-state index contributed by atoms with van der Waals surface area (Å²) < 4.78 is 1.25. The molecule has 0 aromatic carbocycles. The lowest BCUT2D eigenvalue weighted by atomic mass is 9.92. The number of rotatable bonds is 3. The Bertz CT molecular complexity index is 563. The van der Waals surface area contributed by atoms with Crippen molar-refractivity contribution in [2.75, 3.05) is 11.9 Å². The van der Waals surface area contributed by atoms with Gasteiger partial charge in [-0.05, 0) is 24.0 Å². The van der Waals surface area contributed by atoms with Crippen molar-refractivity contribution in [3.05, 3.63) is 22.6 Å². The quantitative estimate of drug-likeness (QED) is 0.840. The standard InChI is InChI=1S/C11H17N5O/c1-11(2,3)6-7-12-8-4-5-9-13-14-10(17)16(9)15-8/h4-5H,6-7H2,1-3H3,(H,12,15)(H,14,17). The highest BCUT2D eigenvalue weighted by Gasteiger charge is 2.09. The number of H-pyrrole nitrogens is 1. The van der Waals surface area contributed by atoms with Gasteiger partial charge in [-0.1, -0.05) is 20.8 Å². The number of anilines is 1. The Kier molecular flexibility index (Phi) is 2.87. The molecule has 0 radical (unpaired) electrons. The number of fused-ring (bicyclic) bond motifs is 1. The minimum Gasteiger partial charge on any atom is -0.369 e. The fourth-order valence-corrected chi connectivity index (χ4v) is 1.46. The molecule has 17 heavy (non-hydrogen) atoms. The molecular formula is C11H17N5O. The lowest BCUT2D eigenvalue weighted by molar-refractivity contribution is 0.389. The van der Waals surface area contributed by atoms with E-state index < -0.39 is 0 Å². The average Bonchev–Trinajstić information content (AvgIpc) is 2.59. The molecule has 0 amide bonds. The molecule has 0 unspecified atom stereocenters. The molecule has 6 nitrogen and oxygen atoms in total. The smallest absolute Gasteiger partial charge is 0.364 e. The number of aromatic amines is 1. The first-order valence-electron chi connectivity index (χ1n) is 5.64. The molecule has 0 saturated heterocycles. The lowest BCUT2D eigenvalue weighted by Gasteiger charge is -2.18. The summed E-state index contributed by atoms with van der Waals surface area (Å²) in [6.07, 6.45) is 1.03. The number of aromatic nitrogens is 4. The van der Waals surface area contributed by atoms with Crippen LogP contribution in [0.4, 0.5) is 5.82 Å². The SMILES string of the molecule is CC(C)(C)CCNc1ccc2n[nH]c(=O)n2n1. The van der Waals surface area contributed by atoms with E-state index in [9.17, 15) is 4.79 Å². The molecular weight excluding hydrogens is 218 g/mol. The van der Waals surface area contributed by atoms with E-state index >= 15 is 0 Å². The van der Waals surface area contributed by atoms with Gasteiger partial charge < -0.3 is 5.32 Å². The molecule has 0 aliphatic carbocycles. The van der Waals surface area contributed by atoms with Crippen molar-refractivity contribution in [1.82, 2.24) is 19.8 Å². The van der Waals surface area contributed by atoms with Crippen LogP contribution in [0.5, 0.6) is 0 Å². The van der Waals surface area contributed by atoms with E-state index in [4.69, 9.17) is 0 Å². The predicted molar refractivity (Wildman–Crippen MR) is 66.2 cm³/mol. The van der Waals surface area contributed by atoms with Crippen molar-refractivity contribution in [2.24, 2.45) is 5.41 Å². The maximum atomic E-state index is 11.3. The monoisotopic (exact) mass is 235 g/mol. The van der Waals surface area contributed by atoms with E-state index in [-0.39, 0.29) is 11.1 Å². The first kappa shape index (κ1) is 11.6. The second-order valence-electron chi connectivity index (χ2n) is 5.25. The van der Waals surface area contributed by atoms with E-state index in [0.717, 1.165) is 13.0 Å². The van der Waals surface area contributed by atoms with Crippen LogP contribution in [0.2, 0.25) is 0 Å². The number of hydrogen-bond donors (Lipinski definition) is 2. The molecule has 2 aromatic rings. The van der Waals surface area contributed by atoms with Crippen molar-refractivity contribution >= 4 is 11.5 Å². The Morgan fingerprint density at radius 2 is 2.18 bits per heavy atom. The minimum absolute atomic E-state index is 0.281. The maximum absolute atomic E-state index is 11.3. The molecule has 0 spiro atoms. The predicted octanol–water partition coefficient (Wildman–Crippen LogP) is 1.27. The maximum Gasteiger partial charge on any atom is 0.364 e. The summed E-state index contributed by atoms with van der Waals surface area (Å²) >= 11 is 0. The summed E-state index contributed by atoms with van der Waals surface area (Å²) in [6.45, 7) is 7.39. The molecule has 2 N–H and O–H groups in total. The van der Waals surface area contributed by atoms with Gasteiger partial charge in [0, 0.05) is 6.54 Å². The van der Waals surface area contributed by atoms with Gasteiger partial charge in [-0.2, -0.15) is 9.61 Å². The third kappa shape index (κ3) is 2.83. The van der Waals surface area contributed by atoms with Gasteiger partial charge in [0.15, 0.2) is 5.65 Å². The van der Waals surface area contributed by atoms with E-state index in [1.807, 2.05) is 6.07 Å². The molecule has 2 aromatic heterocycles. The van der Waals surface area contributed by atoms with Crippen LogP contribution >= 0.6 is 0 Å². The topological polar surface area (TPSA) is 75.1 Å². The zero-order valence-electron chi connectivity index (χ0n) is 10.3. The van der Waals surface area contributed by atoms with Gasteiger partial charge in [0.05, 0.1) is 0 Å². The number of hydrogen-bond acceptors (Lipinski definition) is 4. The fraction of sp³-hybridized carbons (Fsp3) is 0.545. The molecule has 2 heterocycles. The minimum atomic E-state index is -0.320. The average molecular weight is 235 g/mol.